The Morgan fingerprint density at radius 2 is 0.889 bits per heavy atom. The van der Waals surface area contributed by atoms with Crippen molar-refractivity contribution in [3.8, 4) is 0 Å². The van der Waals surface area contributed by atoms with E-state index in [0.29, 0.717) is 0 Å². The van der Waals surface area contributed by atoms with E-state index >= 15 is 0 Å². The van der Waals surface area contributed by atoms with E-state index in [1.165, 1.54) is 0 Å². The summed E-state index contributed by atoms with van der Waals surface area (Å²) in [5.74, 6) is 0. The molecular formula is C8H22BLiO15P2. The molecule has 0 spiro atoms. The van der Waals surface area contributed by atoms with Crippen LogP contribution in [0.5, 0.6) is 0 Å². The van der Waals surface area contributed by atoms with E-state index in [1.807, 2.05) is 0 Å². The van der Waals surface area contributed by atoms with E-state index < -0.39 is 33.6 Å². The zero-order valence-corrected chi connectivity index (χ0v) is 16.8. The summed E-state index contributed by atoms with van der Waals surface area (Å²) in [5.41, 5.74) is -6.15. The fourth-order valence-corrected chi connectivity index (χ4v) is 2.45. The SMILES string of the molecule is COP(=O)(OC)C(O)(O)C=O.COP(=O)(OC)C(O)(O)C=O.OB(O)O.[H-].[Li+]. The first kappa shape index (κ1) is 34.5. The first-order valence-electron chi connectivity index (χ1n) is 5.89. The third kappa shape index (κ3) is 11.6. The van der Waals surface area contributed by atoms with Gasteiger partial charge in [0.25, 0.3) is 0 Å². The molecule has 27 heavy (non-hydrogen) atoms. The van der Waals surface area contributed by atoms with Crippen LogP contribution in [-0.4, -0.2) is 94.9 Å². The number of carbonyl (C=O) groups is 2. The van der Waals surface area contributed by atoms with Crippen LogP contribution in [0.1, 0.15) is 1.43 Å². The van der Waals surface area contributed by atoms with Crippen LogP contribution in [-0.2, 0) is 36.8 Å². The van der Waals surface area contributed by atoms with Crippen molar-refractivity contribution in [2.24, 2.45) is 0 Å². The number of aliphatic hydroxyl groups is 4. The maximum absolute atomic E-state index is 11.0. The molecule has 0 radical (unpaired) electrons. The standard InChI is InChI=1S/2C4H9O6P.BH3O3.Li.H/c2*1-9-11(8,10-2)4(6,7)3-5;2-1(3)4;;/h2*3,6-7H,1-2H3;2-4H;;/q;;;+1;-1. The van der Waals surface area contributed by atoms with Crippen molar-refractivity contribution in [2.75, 3.05) is 28.4 Å². The summed E-state index contributed by atoms with van der Waals surface area (Å²) in [5, 5.41) is 56.4. The number of hydrogen-bond acceptors (Lipinski definition) is 15. The van der Waals surface area contributed by atoms with E-state index in [9.17, 15) is 18.7 Å². The third-order valence-corrected chi connectivity index (χ3v) is 5.83. The van der Waals surface area contributed by atoms with E-state index in [2.05, 4.69) is 18.1 Å². The molecule has 0 unspecified atom stereocenters. The molecule has 0 aromatic carbocycles. The first-order chi connectivity index (χ1) is 11.6. The van der Waals surface area contributed by atoms with Gasteiger partial charge in [-0.05, 0) is 0 Å². The minimum Gasteiger partial charge on any atom is -1.00 e. The van der Waals surface area contributed by atoms with Crippen LogP contribution >= 0.6 is 15.2 Å². The molecule has 0 rings (SSSR count). The first-order valence-corrected chi connectivity index (χ1v) is 8.98. The van der Waals surface area contributed by atoms with Gasteiger partial charge in [-0.3, -0.25) is 18.7 Å². The maximum atomic E-state index is 11.0. The van der Waals surface area contributed by atoms with Crippen LogP contribution in [0.25, 0.3) is 0 Å². The van der Waals surface area contributed by atoms with Crippen LogP contribution in [0.2, 0.25) is 0 Å². The van der Waals surface area contributed by atoms with Crippen molar-refractivity contribution in [2.45, 2.75) is 11.1 Å². The molecule has 7 N–H and O–H groups in total. The zero-order chi connectivity index (χ0) is 21.8. The third-order valence-electron chi connectivity index (χ3n) is 2.08. The predicted molar refractivity (Wildman–Crippen MR) is 83.2 cm³/mol. The van der Waals surface area contributed by atoms with Gasteiger partial charge in [-0.2, -0.15) is 0 Å². The molecule has 0 saturated carbocycles. The van der Waals surface area contributed by atoms with E-state index in [1.54, 1.807) is 0 Å². The summed E-state index contributed by atoms with van der Waals surface area (Å²) in [4.78, 5) is 19.9. The Balaban J connectivity index is -0.0000000998. The van der Waals surface area contributed by atoms with E-state index in [4.69, 9.17) is 35.5 Å². The second kappa shape index (κ2) is 14.9. The normalized spacial score (nSPS) is 11.7. The number of hydrogen-bond donors (Lipinski definition) is 7. The molecule has 0 saturated heterocycles. The quantitative estimate of drug-likeness (QED) is 0.0806. The number of rotatable bonds is 8. The van der Waals surface area contributed by atoms with Gasteiger partial charge < -0.3 is 55.0 Å². The van der Waals surface area contributed by atoms with Gasteiger partial charge in [-0.25, -0.2) is 0 Å². The van der Waals surface area contributed by atoms with Crippen LogP contribution < -0.4 is 18.9 Å². The zero-order valence-electron chi connectivity index (χ0n) is 16.0. The Morgan fingerprint density at radius 3 is 0.926 bits per heavy atom. The fourth-order valence-electron chi connectivity index (χ4n) is 0.816. The van der Waals surface area contributed by atoms with Crippen molar-refractivity contribution in [1.29, 1.82) is 0 Å². The van der Waals surface area contributed by atoms with Gasteiger partial charge in [0, 0.05) is 28.4 Å². The largest absolute Gasteiger partial charge is 1.00 e. The Labute approximate surface area is 167 Å². The maximum Gasteiger partial charge on any atom is 1.00 e. The molecule has 158 valence electrons. The molecule has 19 heteroatoms. The second-order valence-corrected chi connectivity index (χ2v) is 8.45. The minimum absolute atomic E-state index is 0. The van der Waals surface area contributed by atoms with E-state index in [-0.39, 0.29) is 32.9 Å². The van der Waals surface area contributed by atoms with Gasteiger partial charge >= 0.3 is 52.4 Å². The summed E-state index contributed by atoms with van der Waals surface area (Å²) in [6, 6.07) is 0. The Bertz CT molecular complexity index is 458. The average Bonchev–Trinajstić information content (AvgIpc) is 2.59. The van der Waals surface area contributed by atoms with Gasteiger partial charge in [-0.15, -0.1) is 0 Å². The smallest absolute Gasteiger partial charge is 1.00 e. The average molecular weight is 438 g/mol. The number of carbonyl (C=O) groups excluding carboxylic acids is 2. The van der Waals surface area contributed by atoms with Gasteiger partial charge in [0.15, 0.2) is 12.6 Å². The Hall–Kier alpha value is 0.0223. The van der Waals surface area contributed by atoms with Crippen molar-refractivity contribution in [1.82, 2.24) is 0 Å². The van der Waals surface area contributed by atoms with Gasteiger partial charge in [0.2, 0.25) is 0 Å². The molecular weight excluding hydrogens is 416 g/mol. The fraction of sp³-hybridized carbons (Fsp3) is 0.750. The Kier molecular flexibility index (Phi) is 19.1. The molecule has 0 bridgehead atoms. The van der Waals surface area contributed by atoms with E-state index in [0.717, 1.165) is 28.4 Å². The molecule has 15 nitrogen and oxygen atoms in total. The van der Waals surface area contributed by atoms with Crippen LogP contribution in [0.15, 0.2) is 0 Å². The van der Waals surface area contributed by atoms with Gasteiger partial charge in [0.05, 0.1) is 0 Å². The molecule has 0 aliphatic carbocycles. The monoisotopic (exact) mass is 438 g/mol. The van der Waals surface area contributed by atoms with Crippen molar-refractivity contribution >= 4 is 35.1 Å². The summed E-state index contributed by atoms with van der Waals surface area (Å²) < 4.78 is 38.6. The summed E-state index contributed by atoms with van der Waals surface area (Å²) in [7, 11) is -6.69. The minimum atomic E-state index is -4.14. The molecule has 0 aliphatic rings. The van der Waals surface area contributed by atoms with Crippen molar-refractivity contribution in [3.63, 3.8) is 0 Å². The summed E-state index contributed by atoms with van der Waals surface area (Å²) in [6.07, 6.45) is -0.637. The van der Waals surface area contributed by atoms with Crippen LogP contribution in [0.4, 0.5) is 0 Å². The van der Waals surface area contributed by atoms with Crippen LogP contribution in [0, 0.1) is 0 Å². The summed E-state index contributed by atoms with van der Waals surface area (Å²) >= 11 is 0. The summed E-state index contributed by atoms with van der Waals surface area (Å²) in [6.45, 7) is 0. The molecule has 0 aromatic rings. The van der Waals surface area contributed by atoms with Crippen molar-refractivity contribution in [3.05, 3.63) is 0 Å². The molecule has 0 fully saturated rings. The number of aldehydes is 2. The molecule has 0 aliphatic heterocycles. The molecule has 0 aromatic heterocycles. The Morgan fingerprint density at radius 1 is 0.741 bits per heavy atom. The van der Waals surface area contributed by atoms with Gasteiger partial charge in [0.1, 0.15) is 0 Å². The molecule has 0 atom stereocenters. The second-order valence-electron chi connectivity index (χ2n) is 3.68. The van der Waals surface area contributed by atoms with Gasteiger partial charge in [-0.1, -0.05) is 0 Å². The van der Waals surface area contributed by atoms with Crippen LogP contribution in [0.3, 0.4) is 0 Å². The van der Waals surface area contributed by atoms with Crippen molar-refractivity contribution < 1.29 is 92.6 Å². The topological polar surface area (TPSA) is 247 Å². The molecule has 0 amide bonds. The molecule has 0 heterocycles. The predicted octanol–water partition coefficient (Wildman–Crippen LogP) is -6.32.